The Morgan fingerprint density at radius 2 is 1.00 bits per heavy atom. The highest BCUT2D eigenvalue weighted by atomic mass is 33.1. The maximum Gasteiger partial charge on any atom is 0.246 e. The van der Waals surface area contributed by atoms with Gasteiger partial charge in [-0.05, 0) is 86.5 Å². The maximum absolute atomic E-state index is 14.3. The second-order valence-electron chi connectivity index (χ2n) is 18.4. The molecule has 0 bridgehead atoms. The van der Waals surface area contributed by atoms with Crippen LogP contribution in [0.25, 0.3) is 20.9 Å². The minimum Gasteiger partial charge on any atom is -0.350 e. The lowest BCUT2D eigenvalue weighted by Gasteiger charge is -2.29. The van der Waals surface area contributed by atoms with Crippen LogP contribution in [0.2, 0.25) is 0 Å². The Bertz CT molecular complexity index is 2170. The number of thiazole rings is 2. The van der Waals surface area contributed by atoms with Gasteiger partial charge in [0.2, 0.25) is 35.4 Å². The highest BCUT2D eigenvalue weighted by Gasteiger charge is 2.39. The van der Waals surface area contributed by atoms with Crippen LogP contribution < -0.4 is 21.3 Å². The number of carbonyl (C=O) groups is 6. The fourth-order valence-corrected chi connectivity index (χ4v) is 12.2. The smallest absolute Gasteiger partial charge is 0.246 e. The van der Waals surface area contributed by atoms with Crippen molar-refractivity contribution in [3.63, 3.8) is 0 Å². The number of nitrogens with zero attached hydrogens (tertiary/aromatic N) is 4. The third-order valence-corrected chi connectivity index (χ3v) is 16.6. The summed E-state index contributed by atoms with van der Waals surface area (Å²) in [5.41, 5.74) is 9.59. The summed E-state index contributed by atoms with van der Waals surface area (Å²) in [6, 6.07) is 12.8. The molecular weight excluding hydrogens is 937 g/mol. The number of aryl methyl sites for hydroxylation is 2. The van der Waals surface area contributed by atoms with Gasteiger partial charge < -0.3 is 31.1 Å². The van der Waals surface area contributed by atoms with E-state index in [9.17, 15) is 28.8 Å². The third kappa shape index (κ3) is 14.9. The summed E-state index contributed by atoms with van der Waals surface area (Å²) in [6.45, 7) is 13.5. The Hall–Kier alpha value is -4.78. The van der Waals surface area contributed by atoms with Crippen LogP contribution in [0.1, 0.15) is 102 Å². The molecule has 2 fully saturated rings. The lowest BCUT2D eigenvalue weighted by Crippen LogP contribution is -2.54. The first kappa shape index (κ1) is 52.6. The number of benzene rings is 2. The van der Waals surface area contributed by atoms with Crippen LogP contribution in [0.4, 0.5) is 0 Å². The van der Waals surface area contributed by atoms with Crippen molar-refractivity contribution < 1.29 is 28.8 Å². The number of carbonyl (C=O) groups excluding carboxylic acids is 6. The lowest BCUT2D eigenvalue weighted by atomic mass is 10.1. The van der Waals surface area contributed by atoms with E-state index in [-0.39, 0.29) is 59.8 Å². The zero-order chi connectivity index (χ0) is 48.7. The molecule has 0 unspecified atom stereocenters. The highest BCUT2D eigenvalue weighted by Crippen LogP contribution is 2.30. The van der Waals surface area contributed by atoms with Crippen LogP contribution in [0.3, 0.4) is 0 Å². The quantitative estimate of drug-likeness (QED) is 0.0425. The van der Waals surface area contributed by atoms with E-state index in [0.717, 1.165) is 43.4 Å². The fourth-order valence-electron chi connectivity index (χ4n) is 8.28. The summed E-state index contributed by atoms with van der Waals surface area (Å²) in [7, 11) is 2.65. The molecule has 4 aromatic rings. The molecular formula is C50H66N8O6S4. The molecule has 2 aliphatic rings. The van der Waals surface area contributed by atoms with Crippen molar-refractivity contribution in [2.75, 3.05) is 24.6 Å². The van der Waals surface area contributed by atoms with Gasteiger partial charge in [0.1, 0.15) is 24.2 Å². The number of aromatic nitrogens is 2. The average molecular weight is 1000 g/mol. The molecule has 0 aliphatic carbocycles. The van der Waals surface area contributed by atoms with E-state index < -0.39 is 24.2 Å². The number of hydrogen-bond acceptors (Lipinski definition) is 12. The van der Waals surface area contributed by atoms with Crippen molar-refractivity contribution >= 4 is 79.7 Å². The van der Waals surface area contributed by atoms with Crippen LogP contribution in [-0.2, 0) is 41.9 Å². The van der Waals surface area contributed by atoms with Crippen molar-refractivity contribution in [1.29, 1.82) is 0 Å². The van der Waals surface area contributed by atoms with E-state index in [1.807, 2.05) is 101 Å². The summed E-state index contributed by atoms with van der Waals surface area (Å²) in [5, 5.41) is 12.0. The Morgan fingerprint density at radius 3 is 1.34 bits per heavy atom. The number of amides is 6. The van der Waals surface area contributed by atoms with Crippen molar-refractivity contribution in [1.82, 2.24) is 41.0 Å². The molecule has 6 amide bonds. The van der Waals surface area contributed by atoms with Crippen LogP contribution in [0.15, 0.2) is 59.6 Å². The van der Waals surface area contributed by atoms with Gasteiger partial charge in [-0.1, -0.05) is 97.8 Å². The Morgan fingerprint density at radius 1 is 0.618 bits per heavy atom. The van der Waals surface area contributed by atoms with Gasteiger partial charge in [0, 0.05) is 50.5 Å². The van der Waals surface area contributed by atoms with Crippen LogP contribution in [0, 0.1) is 25.7 Å². The molecule has 68 heavy (non-hydrogen) atoms. The normalized spacial score (nSPS) is 16.8. The molecule has 18 heteroatoms. The monoisotopic (exact) mass is 1000 g/mol. The van der Waals surface area contributed by atoms with Gasteiger partial charge in [0.05, 0.1) is 32.2 Å². The van der Waals surface area contributed by atoms with Crippen molar-refractivity contribution in [2.24, 2.45) is 11.8 Å². The molecule has 2 aliphatic heterocycles. The van der Waals surface area contributed by atoms with E-state index in [4.69, 9.17) is 0 Å². The van der Waals surface area contributed by atoms with Gasteiger partial charge >= 0.3 is 0 Å². The number of hydrogen-bond donors (Lipinski definition) is 4. The van der Waals surface area contributed by atoms with Crippen LogP contribution in [0.5, 0.6) is 0 Å². The molecule has 2 saturated heterocycles. The molecule has 2 aromatic carbocycles. The summed E-state index contributed by atoms with van der Waals surface area (Å²) >= 11 is 3.17. The summed E-state index contributed by atoms with van der Waals surface area (Å²) in [6.07, 6.45) is 4.15. The van der Waals surface area contributed by atoms with Gasteiger partial charge in [0.15, 0.2) is 0 Å². The Kier molecular flexibility index (Phi) is 19.9. The standard InChI is InChI=1S/C50H66N8O6S4/c1-31(2)11-21-43(59)55-39(49(63)57-23-7-9-41(57)47(61)51-25-35-13-17-37(18-14-35)45-33(5)53-29-65-45)27-67-68-28-40(56-44(60)22-12-32(3)4)50(64)58-24-8-10-42(58)48(62)52-26-36-15-19-38(20-16-36)46-34(6)54-30-66-46/h13-20,29-32,39-42H,7-12,21-28H2,1-6H3,(H,51,61)(H,52,62)(H,55,59)(H,56,60)/t39-,40+,41-,42+. The molecule has 366 valence electrons. The number of likely N-dealkylation sites (tertiary alicyclic amines) is 2. The molecule has 14 nitrogen and oxygen atoms in total. The summed E-state index contributed by atoms with van der Waals surface area (Å²) < 4.78 is 0. The van der Waals surface area contributed by atoms with E-state index in [1.165, 1.54) is 21.6 Å². The van der Waals surface area contributed by atoms with Gasteiger partial charge in [-0.15, -0.1) is 22.7 Å². The molecule has 6 rings (SSSR count). The Balaban J connectivity index is 1.07. The van der Waals surface area contributed by atoms with E-state index >= 15 is 0 Å². The van der Waals surface area contributed by atoms with Gasteiger partial charge in [-0.3, -0.25) is 28.8 Å². The predicted octanol–water partition coefficient (Wildman–Crippen LogP) is 7.69. The van der Waals surface area contributed by atoms with Crippen molar-refractivity contribution in [3.05, 3.63) is 82.1 Å². The minimum atomic E-state index is -0.919. The SMILES string of the molecule is Cc1ncsc1-c1ccc(CNC(=O)[C@H]2CCCN2C(=O)[C@@H](CSSC[C@H](NC(=O)CCC(C)C)C(=O)N2CCC[C@H]2C(=O)NCc2ccc(-c3scnc3C)cc2)NC(=O)CCC(C)C)cc1. The molecule has 0 spiro atoms. The van der Waals surface area contributed by atoms with Crippen LogP contribution in [-0.4, -0.2) is 104 Å². The second kappa shape index (κ2) is 25.7. The lowest BCUT2D eigenvalue weighted by molar-refractivity contribution is -0.141. The average Bonchev–Trinajstić information content (AvgIpc) is 4.18. The molecule has 4 heterocycles. The van der Waals surface area contributed by atoms with Gasteiger partial charge in [-0.25, -0.2) is 9.97 Å². The molecule has 0 radical (unpaired) electrons. The highest BCUT2D eigenvalue weighted by molar-refractivity contribution is 8.76. The second-order valence-corrected chi connectivity index (χ2v) is 22.7. The molecule has 4 N–H and O–H groups in total. The van der Waals surface area contributed by atoms with Crippen molar-refractivity contribution in [3.8, 4) is 20.9 Å². The first-order valence-corrected chi connectivity index (χ1v) is 27.9. The van der Waals surface area contributed by atoms with E-state index in [2.05, 4.69) is 31.2 Å². The van der Waals surface area contributed by atoms with Crippen LogP contribution >= 0.6 is 44.3 Å². The number of rotatable bonds is 23. The van der Waals surface area contributed by atoms with Gasteiger partial charge in [-0.2, -0.15) is 0 Å². The summed E-state index contributed by atoms with van der Waals surface area (Å²) in [4.78, 5) is 96.5. The van der Waals surface area contributed by atoms with E-state index in [0.29, 0.717) is 76.5 Å². The maximum atomic E-state index is 14.3. The fraction of sp³-hybridized carbons (Fsp3) is 0.520. The van der Waals surface area contributed by atoms with Crippen molar-refractivity contribution in [2.45, 2.75) is 130 Å². The third-order valence-electron chi connectivity index (χ3n) is 12.3. The zero-order valence-corrected chi connectivity index (χ0v) is 43.3. The zero-order valence-electron chi connectivity index (χ0n) is 40.0. The first-order chi connectivity index (χ1) is 32.7. The van der Waals surface area contributed by atoms with Gasteiger partial charge in [0.25, 0.3) is 0 Å². The number of nitrogens with one attached hydrogen (secondary N) is 4. The predicted molar refractivity (Wildman–Crippen MR) is 275 cm³/mol. The largest absolute Gasteiger partial charge is 0.350 e. The first-order valence-electron chi connectivity index (χ1n) is 23.7. The summed E-state index contributed by atoms with van der Waals surface area (Å²) in [5.74, 6) is -0.697. The minimum absolute atomic E-state index is 0.176. The molecule has 2 aromatic heterocycles. The Labute approximate surface area is 416 Å². The van der Waals surface area contributed by atoms with E-state index in [1.54, 1.807) is 32.5 Å². The topological polar surface area (TPSA) is 183 Å². The molecule has 4 atom stereocenters. The molecule has 0 saturated carbocycles.